The number of alkyl halides is 1. The van der Waals surface area contributed by atoms with Gasteiger partial charge < -0.3 is 18.9 Å². The molecule has 2 atom stereocenters. The molecule has 6 nitrogen and oxygen atoms in total. The van der Waals surface area contributed by atoms with Gasteiger partial charge in [0.2, 0.25) is 5.91 Å². The van der Waals surface area contributed by atoms with Gasteiger partial charge in [-0.1, -0.05) is 70.4 Å². The van der Waals surface area contributed by atoms with Crippen molar-refractivity contribution in [2.75, 3.05) is 19.8 Å². The molecule has 0 aliphatic rings. The lowest BCUT2D eigenvalue weighted by atomic mass is 10.1. The smallest absolute Gasteiger partial charge is 0.364 e. The highest BCUT2D eigenvalue weighted by Crippen LogP contribution is 2.55. The first-order valence-electron chi connectivity index (χ1n) is 13.4. The second-order valence-electron chi connectivity index (χ2n) is 8.72. The molecule has 1 N–H and O–H groups in total. The Bertz CT molecular complexity index is 547. The normalized spacial score (nSPS) is 13.9. The van der Waals surface area contributed by atoms with E-state index in [9.17, 15) is 18.9 Å². The molecule has 8 heteroatoms. The number of aliphatic hydroxyl groups is 1. The molecule has 0 aliphatic heterocycles. The van der Waals surface area contributed by atoms with Crippen LogP contribution >= 0.6 is 7.60 Å². The maximum absolute atomic E-state index is 14.3. The summed E-state index contributed by atoms with van der Waals surface area (Å²) < 4.78 is 41.5. The molecule has 0 heterocycles. The summed E-state index contributed by atoms with van der Waals surface area (Å²) in [4.78, 5) is 11.8. The lowest BCUT2D eigenvalue weighted by Crippen LogP contribution is -2.23. The maximum Gasteiger partial charge on any atom is 0.364 e. The van der Waals surface area contributed by atoms with Gasteiger partial charge in [-0.2, -0.15) is 0 Å². The third-order valence-electron chi connectivity index (χ3n) is 5.51. The van der Waals surface area contributed by atoms with Gasteiger partial charge in [-0.05, 0) is 46.0 Å². The summed E-state index contributed by atoms with van der Waals surface area (Å²) >= 11 is 0. The van der Waals surface area contributed by atoms with Crippen LogP contribution in [0.4, 0.5) is 4.39 Å². The van der Waals surface area contributed by atoms with Crippen LogP contribution in [0.5, 0.6) is 0 Å². The molecule has 0 fully saturated rings. The van der Waals surface area contributed by atoms with E-state index in [0.29, 0.717) is 0 Å². The molecule has 202 valence electrons. The minimum atomic E-state index is -3.93. The Morgan fingerprint density at radius 3 is 1.88 bits per heavy atom. The zero-order valence-corrected chi connectivity index (χ0v) is 22.7. The molecule has 0 aromatic rings. The standard InChI is InChI=1S/C26H50FO6P/c1-4-7-8-9-10-11-12-13-14-15-16-17-18-19-20-21-26(29)31-23-24(28)22-25(27)34(30,32-5-2)33-6-3/h13-14,24-25,28H,4-12,15-23H2,1-3H3. The van der Waals surface area contributed by atoms with Crippen LogP contribution in [0.3, 0.4) is 0 Å². The van der Waals surface area contributed by atoms with Crippen LogP contribution in [0, 0.1) is 0 Å². The number of hydrogen-bond acceptors (Lipinski definition) is 6. The third-order valence-corrected chi connectivity index (χ3v) is 7.64. The van der Waals surface area contributed by atoms with Gasteiger partial charge in [0.15, 0.2) is 0 Å². The van der Waals surface area contributed by atoms with Crippen molar-refractivity contribution in [2.24, 2.45) is 0 Å². The zero-order valence-electron chi connectivity index (χ0n) is 21.9. The SMILES string of the molecule is CCCCCCCCC=CCCCCCCCC(=O)OCC(O)CC(F)P(=O)(OCC)OCC. The van der Waals surface area contributed by atoms with E-state index in [0.717, 1.165) is 32.1 Å². The molecule has 0 aromatic heterocycles. The molecule has 2 unspecified atom stereocenters. The van der Waals surface area contributed by atoms with Gasteiger partial charge in [0.1, 0.15) is 6.61 Å². The molecule has 0 aliphatic carbocycles. The summed E-state index contributed by atoms with van der Waals surface area (Å²) in [5.74, 6) is -2.38. The first kappa shape index (κ1) is 33.2. The van der Waals surface area contributed by atoms with Crippen LogP contribution in [0.2, 0.25) is 0 Å². The van der Waals surface area contributed by atoms with Crippen molar-refractivity contribution in [2.45, 2.75) is 129 Å². The number of allylic oxidation sites excluding steroid dienone is 2. The maximum atomic E-state index is 14.3. The van der Waals surface area contributed by atoms with Crippen LogP contribution in [-0.2, 0) is 23.1 Å². The van der Waals surface area contributed by atoms with E-state index in [2.05, 4.69) is 19.1 Å². The number of unbranched alkanes of at least 4 members (excludes halogenated alkanes) is 11. The van der Waals surface area contributed by atoms with E-state index in [1.165, 1.54) is 51.4 Å². The summed E-state index contributed by atoms with van der Waals surface area (Å²) in [7, 11) is -3.93. The molecule has 0 saturated heterocycles. The molecule has 34 heavy (non-hydrogen) atoms. The summed E-state index contributed by atoms with van der Waals surface area (Å²) in [6.45, 7) is 5.17. The van der Waals surface area contributed by atoms with Gasteiger partial charge in [0.25, 0.3) is 0 Å². The summed E-state index contributed by atoms with van der Waals surface area (Å²) in [6.07, 6.45) is 18.5. The van der Waals surface area contributed by atoms with E-state index in [-0.39, 0.29) is 26.2 Å². The Labute approximate surface area is 207 Å². The largest absolute Gasteiger partial charge is 0.463 e. The van der Waals surface area contributed by atoms with Crippen LogP contribution in [0.25, 0.3) is 0 Å². The van der Waals surface area contributed by atoms with Gasteiger partial charge in [-0.15, -0.1) is 0 Å². The molecule has 0 bridgehead atoms. The Hall–Kier alpha value is -0.750. The molecular formula is C26H50FO6P. The number of ether oxygens (including phenoxy) is 1. The highest BCUT2D eigenvalue weighted by molar-refractivity contribution is 7.54. The van der Waals surface area contributed by atoms with Crippen molar-refractivity contribution in [3.8, 4) is 0 Å². The van der Waals surface area contributed by atoms with Crippen LogP contribution in [0.1, 0.15) is 117 Å². The number of carbonyl (C=O) groups excluding carboxylic acids is 1. The summed E-state index contributed by atoms with van der Waals surface area (Å²) in [5.41, 5.74) is 0. The van der Waals surface area contributed by atoms with E-state index in [1.54, 1.807) is 13.8 Å². The fourth-order valence-electron chi connectivity index (χ4n) is 3.58. The molecule has 0 aromatic carbocycles. The second-order valence-corrected chi connectivity index (χ2v) is 10.9. The first-order valence-corrected chi connectivity index (χ1v) is 15.0. The quantitative estimate of drug-likeness (QED) is 0.0618. The number of esters is 1. The fraction of sp³-hybridized carbons (Fsp3) is 0.885. The molecule has 0 saturated carbocycles. The van der Waals surface area contributed by atoms with Gasteiger partial charge in [0, 0.05) is 12.8 Å². The molecule has 0 spiro atoms. The molecule has 0 rings (SSSR count). The van der Waals surface area contributed by atoms with Crippen molar-refractivity contribution in [3.05, 3.63) is 12.2 Å². The topological polar surface area (TPSA) is 82.1 Å². The molecule has 0 amide bonds. The Morgan fingerprint density at radius 2 is 1.35 bits per heavy atom. The zero-order chi connectivity index (χ0) is 25.5. The van der Waals surface area contributed by atoms with E-state index in [4.69, 9.17) is 13.8 Å². The number of rotatable bonds is 24. The average Bonchev–Trinajstić information content (AvgIpc) is 2.80. The van der Waals surface area contributed by atoms with E-state index >= 15 is 0 Å². The van der Waals surface area contributed by atoms with Crippen LogP contribution < -0.4 is 0 Å². The van der Waals surface area contributed by atoms with Crippen molar-refractivity contribution in [1.82, 2.24) is 0 Å². The predicted molar refractivity (Wildman–Crippen MR) is 137 cm³/mol. The van der Waals surface area contributed by atoms with Gasteiger partial charge >= 0.3 is 13.6 Å². The number of aliphatic hydroxyl groups excluding tert-OH is 1. The van der Waals surface area contributed by atoms with Gasteiger partial charge in [-0.25, -0.2) is 4.39 Å². The Kier molecular flexibility index (Phi) is 22.2. The van der Waals surface area contributed by atoms with Crippen molar-refractivity contribution in [1.29, 1.82) is 0 Å². The Balaban J connectivity index is 3.70. The second kappa shape index (κ2) is 22.7. The van der Waals surface area contributed by atoms with E-state index in [1.807, 2.05) is 0 Å². The number of carbonyl (C=O) groups is 1. The third kappa shape index (κ3) is 18.6. The van der Waals surface area contributed by atoms with Gasteiger partial charge in [0.05, 0.1) is 19.3 Å². The van der Waals surface area contributed by atoms with Crippen molar-refractivity contribution >= 4 is 13.6 Å². The first-order chi connectivity index (χ1) is 16.4. The predicted octanol–water partition coefficient (Wildman–Crippen LogP) is 7.88. The molecular weight excluding hydrogens is 458 g/mol. The van der Waals surface area contributed by atoms with Crippen LogP contribution in [0.15, 0.2) is 12.2 Å². The van der Waals surface area contributed by atoms with Crippen molar-refractivity contribution in [3.63, 3.8) is 0 Å². The lowest BCUT2D eigenvalue weighted by Gasteiger charge is -2.22. The minimum Gasteiger partial charge on any atom is -0.463 e. The van der Waals surface area contributed by atoms with Gasteiger partial charge in [-0.3, -0.25) is 9.36 Å². The van der Waals surface area contributed by atoms with E-state index < -0.39 is 32.0 Å². The highest BCUT2D eigenvalue weighted by Gasteiger charge is 2.37. The number of halogens is 1. The Morgan fingerprint density at radius 1 is 0.853 bits per heavy atom. The summed E-state index contributed by atoms with van der Waals surface area (Å²) in [5, 5.41) is 9.92. The monoisotopic (exact) mass is 508 g/mol. The lowest BCUT2D eigenvalue weighted by molar-refractivity contribution is -0.147. The minimum absolute atomic E-state index is 0.0404. The van der Waals surface area contributed by atoms with Crippen LogP contribution in [-0.4, -0.2) is 42.9 Å². The average molecular weight is 509 g/mol. The van der Waals surface area contributed by atoms with Crippen molar-refractivity contribution < 1.29 is 32.6 Å². The number of hydrogen-bond donors (Lipinski definition) is 1. The highest BCUT2D eigenvalue weighted by atomic mass is 31.2. The fourth-order valence-corrected chi connectivity index (χ4v) is 5.20. The summed E-state index contributed by atoms with van der Waals surface area (Å²) in [6, 6.07) is 0. The molecule has 0 radical (unpaired) electrons.